The van der Waals surface area contributed by atoms with Crippen LogP contribution in [0.2, 0.25) is 0 Å². The van der Waals surface area contributed by atoms with Crippen molar-refractivity contribution in [3.05, 3.63) is 18.2 Å². The molecular weight excluding hydrogens is 455 g/mol. The maximum Gasteiger partial charge on any atom is 0.195 e. The Morgan fingerprint density at radius 2 is 1.85 bits per heavy atom. The van der Waals surface area contributed by atoms with Gasteiger partial charge in [0, 0.05) is 25.3 Å². The Kier molecular flexibility index (Phi) is 11.5. The average Bonchev–Trinajstić information content (AvgIpc) is 2.68. The summed E-state index contributed by atoms with van der Waals surface area (Å²) in [5.41, 5.74) is 0.915. The minimum Gasteiger partial charge on any atom is -0.493 e. The third-order valence-electron chi connectivity index (χ3n) is 4.94. The van der Waals surface area contributed by atoms with E-state index in [9.17, 15) is 0 Å². The van der Waals surface area contributed by atoms with Gasteiger partial charge in [-0.05, 0) is 63.4 Å². The van der Waals surface area contributed by atoms with Crippen LogP contribution in [0.1, 0.15) is 32.6 Å². The van der Waals surface area contributed by atoms with Gasteiger partial charge < -0.3 is 25.0 Å². The van der Waals surface area contributed by atoms with E-state index in [1.807, 2.05) is 18.2 Å². The number of anilines is 1. The molecule has 1 aliphatic heterocycles. The largest absolute Gasteiger partial charge is 0.493 e. The fourth-order valence-electron chi connectivity index (χ4n) is 3.18. The highest BCUT2D eigenvalue weighted by atomic mass is 127. The summed E-state index contributed by atoms with van der Waals surface area (Å²) in [5, 5.41) is 6.67. The van der Waals surface area contributed by atoms with Gasteiger partial charge in [-0.3, -0.25) is 4.99 Å². The summed E-state index contributed by atoms with van der Waals surface area (Å²) in [4.78, 5) is 6.88. The Bertz CT molecular complexity index is 575. The predicted octanol–water partition coefficient (Wildman–Crippen LogP) is 3.82. The van der Waals surface area contributed by atoms with Crippen molar-refractivity contribution in [2.45, 2.75) is 32.6 Å². The van der Waals surface area contributed by atoms with Crippen LogP contribution in [0, 0.1) is 5.92 Å². The normalized spacial score (nSPS) is 15.8. The molecule has 0 radical (unpaired) electrons. The summed E-state index contributed by atoms with van der Waals surface area (Å²) in [7, 11) is 5.05. The van der Waals surface area contributed by atoms with Gasteiger partial charge in [-0.2, -0.15) is 0 Å². The van der Waals surface area contributed by atoms with Crippen LogP contribution in [0.4, 0.5) is 5.69 Å². The number of hydrogen-bond donors (Lipinski definition) is 2. The molecule has 0 saturated carbocycles. The van der Waals surface area contributed by atoms with Crippen LogP contribution in [0.5, 0.6) is 11.5 Å². The number of benzene rings is 1. The van der Waals surface area contributed by atoms with E-state index in [1.165, 1.54) is 38.9 Å². The van der Waals surface area contributed by atoms with Crippen LogP contribution in [0.3, 0.4) is 0 Å². The van der Waals surface area contributed by atoms with Crippen LogP contribution in [0.15, 0.2) is 23.2 Å². The summed E-state index contributed by atoms with van der Waals surface area (Å²) in [6.45, 7) is 7.00. The van der Waals surface area contributed by atoms with Gasteiger partial charge in [-0.1, -0.05) is 6.92 Å². The molecule has 1 aromatic carbocycles. The van der Waals surface area contributed by atoms with Crippen molar-refractivity contribution in [1.29, 1.82) is 0 Å². The fourth-order valence-corrected chi connectivity index (χ4v) is 3.18. The molecule has 0 unspecified atom stereocenters. The number of guanidine groups is 1. The minimum atomic E-state index is 0. The van der Waals surface area contributed by atoms with Crippen LogP contribution in [-0.4, -0.2) is 58.3 Å². The average molecular weight is 490 g/mol. The first-order valence-electron chi connectivity index (χ1n) is 9.58. The molecule has 0 amide bonds. The molecule has 0 aromatic heterocycles. The fraction of sp³-hybridized carbons (Fsp3) is 0.650. The molecule has 2 N–H and O–H groups in total. The highest BCUT2D eigenvalue weighted by Crippen LogP contribution is 2.29. The molecule has 0 bridgehead atoms. The van der Waals surface area contributed by atoms with E-state index in [0.717, 1.165) is 30.5 Å². The number of methoxy groups -OCH3 is 2. The first-order valence-corrected chi connectivity index (χ1v) is 9.58. The summed E-state index contributed by atoms with van der Waals surface area (Å²) in [6, 6.07) is 5.74. The van der Waals surface area contributed by atoms with Gasteiger partial charge in [0.1, 0.15) is 0 Å². The Labute approximate surface area is 181 Å². The monoisotopic (exact) mass is 490 g/mol. The Morgan fingerprint density at radius 3 is 2.48 bits per heavy atom. The number of aliphatic imine (C=N–C) groups is 1. The zero-order valence-corrected chi connectivity index (χ0v) is 19.4. The number of rotatable bonds is 8. The van der Waals surface area contributed by atoms with E-state index in [0.29, 0.717) is 11.5 Å². The maximum atomic E-state index is 5.34. The van der Waals surface area contributed by atoms with Gasteiger partial charge in [-0.15, -0.1) is 24.0 Å². The molecule has 0 spiro atoms. The Hall–Kier alpha value is -1.22. The minimum absolute atomic E-state index is 0. The quantitative estimate of drug-likeness (QED) is 0.251. The van der Waals surface area contributed by atoms with E-state index in [-0.39, 0.29) is 24.0 Å². The van der Waals surface area contributed by atoms with Gasteiger partial charge in [0.15, 0.2) is 17.5 Å². The van der Waals surface area contributed by atoms with Crippen LogP contribution in [-0.2, 0) is 0 Å². The lowest BCUT2D eigenvalue weighted by Crippen LogP contribution is -2.34. The van der Waals surface area contributed by atoms with Crippen LogP contribution >= 0.6 is 24.0 Å². The number of ether oxygens (including phenoxy) is 2. The molecule has 2 rings (SSSR count). The molecule has 1 heterocycles. The number of hydrogen-bond acceptors (Lipinski definition) is 4. The summed E-state index contributed by atoms with van der Waals surface area (Å²) in [5.74, 6) is 3.08. The topological polar surface area (TPSA) is 58.1 Å². The molecule has 1 saturated heterocycles. The SMILES string of the molecule is CN=C(NCCCCN1CCC(C)CC1)Nc1ccc(OC)c(OC)c1.I. The van der Waals surface area contributed by atoms with E-state index in [1.54, 1.807) is 21.3 Å². The first kappa shape index (κ1) is 23.8. The van der Waals surface area contributed by atoms with Crippen molar-refractivity contribution in [3.63, 3.8) is 0 Å². The number of nitrogens with one attached hydrogen (secondary N) is 2. The molecule has 154 valence electrons. The van der Waals surface area contributed by atoms with Gasteiger partial charge in [0.2, 0.25) is 0 Å². The number of unbranched alkanes of at least 4 members (excludes halogenated alkanes) is 1. The zero-order valence-electron chi connectivity index (χ0n) is 17.1. The Balaban J connectivity index is 0.00000364. The van der Waals surface area contributed by atoms with E-state index in [4.69, 9.17) is 9.47 Å². The second-order valence-electron chi connectivity index (χ2n) is 6.93. The lowest BCUT2D eigenvalue weighted by Gasteiger charge is -2.30. The van der Waals surface area contributed by atoms with Crippen molar-refractivity contribution in [3.8, 4) is 11.5 Å². The van der Waals surface area contributed by atoms with Crippen molar-refractivity contribution >= 4 is 35.6 Å². The lowest BCUT2D eigenvalue weighted by atomic mass is 9.99. The van der Waals surface area contributed by atoms with E-state index >= 15 is 0 Å². The molecule has 1 aromatic rings. The summed E-state index contributed by atoms with van der Waals surface area (Å²) < 4.78 is 10.6. The molecule has 0 aliphatic carbocycles. The third kappa shape index (κ3) is 8.13. The maximum absolute atomic E-state index is 5.34. The molecule has 0 atom stereocenters. The summed E-state index contributed by atoms with van der Waals surface area (Å²) in [6.07, 6.45) is 5.05. The van der Waals surface area contributed by atoms with Crippen molar-refractivity contribution in [2.75, 3.05) is 52.8 Å². The third-order valence-corrected chi connectivity index (χ3v) is 4.94. The van der Waals surface area contributed by atoms with Crippen LogP contribution in [0.25, 0.3) is 0 Å². The zero-order chi connectivity index (χ0) is 18.8. The van der Waals surface area contributed by atoms with Crippen molar-refractivity contribution in [1.82, 2.24) is 10.2 Å². The Morgan fingerprint density at radius 1 is 1.15 bits per heavy atom. The van der Waals surface area contributed by atoms with Gasteiger partial charge in [-0.25, -0.2) is 0 Å². The van der Waals surface area contributed by atoms with Crippen molar-refractivity contribution in [2.24, 2.45) is 10.9 Å². The number of likely N-dealkylation sites (tertiary alicyclic amines) is 1. The van der Waals surface area contributed by atoms with E-state index < -0.39 is 0 Å². The number of nitrogens with zero attached hydrogens (tertiary/aromatic N) is 2. The second kappa shape index (κ2) is 13.0. The standard InChI is InChI=1S/C20H34N4O2.HI/c1-16-9-13-24(14-10-16)12-6-5-11-22-20(21-2)23-17-7-8-18(25-3)19(15-17)26-4;/h7-8,15-16H,5-6,9-14H2,1-4H3,(H2,21,22,23);1H. The molecular formula is C20H35IN4O2. The molecule has 1 fully saturated rings. The van der Waals surface area contributed by atoms with Gasteiger partial charge >= 0.3 is 0 Å². The molecule has 7 heteroatoms. The smallest absolute Gasteiger partial charge is 0.195 e. The first-order chi connectivity index (χ1) is 12.7. The van der Waals surface area contributed by atoms with Crippen molar-refractivity contribution < 1.29 is 9.47 Å². The molecule has 27 heavy (non-hydrogen) atoms. The number of halogens is 1. The molecule has 1 aliphatic rings. The lowest BCUT2D eigenvalue weighted by molar-refractivity contribution is 0.189. The van der Waals surface area contributed by atoms with Gasteiger partial charge in [0.25, 0.3) is 0 Å². The molecule has 6 nitrogen and oxygen atoms in total. The summed E-state index contributed by atoms with van der Waals surface area (Å²) >= 11 is 0. The number of piperidine rings is 1. The highest BCUT2D eigenvalue weighted by Gasteiger charge is 2.14. The van der Waals surface area contributed by atoms with E-state index in [2.05, 4.69) is 27.4 Å². The predicted molar refractivity (Wildman–Crippen MR) is 124 cm³/mol. The van der Waals surface area contributed by atoms with Crippen LogP contribution < -0.4 is 20.1 Å². The second-order valence-corrected chi connectivity index (χ2v) is 6.93. The van der Waals surface area contributed by atoms with Gasteiger partial charge in [0.05, 0.1) is 14.2 Å². The highest BCUT2D eigenvalue weighted by molar-refractivity contribution is 14.0.